The molecule has 0 fully saturated rings. The molecule has 0 radical (unpaired) electrons. The zero-order valence-corrected chi connectivity index (χ0v) is 10.6. The van der Waals surface area contributed by atoms with Crippen molar-refractivity contribution in [3.8, 4) is 0 Å². The molecule has 0 spiro atoms. The zero-order chi connectivity index (χ0) is 12.1. The molecule has 0 saturated heterocycles. The molecule has 92 valence electrons. The van der Waals surface area contributed by atoms with Crippen LogP contribution in [0.2, 0.25) is 0 Å². The lowest BCUT2D eigenvalue weighted by atomic mass is 10.0. The second kappa shape index (κ2) is 5.82. The first-order chi connectivity index (χ1) is 8.35. The van der Waals surface area contributed by atoms with Crippen LogP contribution in [0.5, 0.6) is 0 Å². The summed E-state index contributed by atoms with van der Waals surface area (Å²) >= 11 is 5.76. The number of nitrogens with zero attached hydrogens (tertiary/aromatic N) is 4. The van der Waals surface area contributed by atoms with E-state index in [0.717, 1.165) is 30.9 Å². The lowest BCUT2D eigenvalue weighted by Crippen LogP contribution is -2.15. The summed E-state index contributed by atoms with van der Waals surface area (Å²) in [5, 5.41) is 11.2. The van der Waals surface area contributed by atoms with Gasteiger partial charge in [0.05, 0.1) is 0 Å². The van der Waals surface area contributed by atoms with Crippen molar-refractivity contribution in [2.75, 3.05) is 17.7 Å². The number of hydrogen-bond acceptors (Lipinski definition) is 4. The second-order valence-electron chi connectivity index (χ2n) is 3.97. The fourth-order valence-electron chi connectivity index (χ4n) is 1.73. The van der Waals surface area contributed by atoms with E-state index >= 15 is 0 Å². The van der Waals surface area contributed by atoms with Crippen molar-refractivity contribution in [3.05, 3.63) is 18.7 Å². The van der Waals surface area contributed by atoms with E-state index < -0.39 is 0 Å². The van der Waals surface area contributed by atoms with Gasteiger partial charge < -0.3 is 5.32 Å². The van der Waals surface area contributed by atoms with Crippen molar-refractivity contribution >= 4 is 23.1 Å². The molecule has 0 aliphatic carbocycles. The Morgan fingerprint density at radius 2 is 2.41 bits per heavy atom. The average molecular weight is 254 g/mol. The van der Waals surface area contributed by atoms with Gasteiger partial charge in [0.1, 0.15) is 6.33 Å². The third-order valence-electron chi connectivity index (χ3n) is 2.87. The summed E-state index contributed by atoms with van der Waals surface area (Å²) in [6.45, 7) is 3.03. The zero-order valence-electron chi connectivity index (χ0n) is 9.80. The maximum absolute atomic E-state index is 5.76. The summed E-state index contributed by atoms with van der Waals surface area (Å²) in [7, 11) is 0. The largest absolute Gasteiger partial charge is 0.367 e. The smallest absolute Gasteiger partial charge is 0.203 e. The third kappa shape index (κ3) is 2.85. The van der Waals surface area contributed by atoms with Gasteiger partial charge in [-0.15, -0.1) is 21.8 Å². The van der Waals surface area contributed by atoms with Crippen LogP contribution in [-0.4, -0.2) is 32.0 Å². The second-order valence-corrected chi connectivity index (χ2v) is 4.35. The molecular weight excluding hydrogens is 238 g/mol. The van der Waals surface area contributed by atoms with Gasteiger partial charge in [-0.25, -0.2) is 4.98 Å². The van der Waals surface area contributed by atoms with Crippen LogP contribution in [0.15, 0.2) is 18.7 Å². The third-order valence-corrected chi connectivity index (χ3v) is 3.09. The van der Waals surface area contributed by atoms with E-state index in [2.05, 4.69) is 27.4 Å². The maximum Gasteiger partial charge on any atom is 0.203 e. The minimum Gasteiger partial charge on any atom is -0.367 e. The van der Waals surface area contributed by atoms with Crippen LogP contribution < -0.4 is 5.32 Å². The average Bonchev–Trinajstić information content (AvgIpc) is 2.83. The minimum atomic E-state index is 0.567. The standard InChI is InChI=1S/C11H16ClN5/c1-2-9(3-4-12)7-14-10-11-16-15-8-17(11)6-5-13-10/h5-6,8-9H,2-4,7H2,1H3,(H,13,14). The highest BCUT2D eigenvalue weighted by Crippen LogP contribution is 2.13. The van der Waals surface area contributed by atoms with Crippen molar-refractivity contribution in [1.29, 1.82) is 0 Å². The molecule has 5 nitrogen and oxygen atoms in total. The topological polar surface area (TPSA) is 55.1 Å². The Morgan fingerprint density at radius 1 is 1.53 bits per heavy atom. The van der Waals surface area contributed by atoms with E-state index in [1.54, 1.807) is 12.5 Å². The number of nitrogens with one attached hydrogen (secondary N) is 1. The van der Waals surface area contributed by atoms with Crippen molar-refractivity contribution in [1.82, 2.24) is 19.6 Å². The Bertz CT molecular complexity index is 470. The quantitative estimate of drug-likeness (QED) is 0.802. The number of fused-ring (bicyclic) bond motifs is 1. The molecule has 0 aromatic carbocycles. The molecule has 0 aliphatic heterocycles. The highest BCUT2D eigenvalue weighted by atomic mass is 35.5. The van der Waals surface area contributed by atoms with Gasteiger partial charge in [0.2, 0.25) is 5.65 Å². The molecule has 1 atom stereocenters. The van der Waals surface area contributed by atoms with E-state index in [-0.39, 0.29) is 0 Å². The Hall–Kier alpha value is -1.36. The first-order valence-corrected chi connectivity index (χ1v) is 6.32. The van der Waals surface area contributed by atoms with Crippen LogP contribution in [-0.2, 0) is 0 Å². The monoisotopic (exact) mass is 253 g/mol. The molecule has 0 amide bonds. The van der Waals surface area contributed by atoms with Gasteiger partial charge in [0.25, 0.3) is 0 Å². The Labute approximate surface area is 105 Å². The van der Waals surface area contributed by atoms with E-state index in [1.165, 1.54) is 0 Å². The molecule has 2 heterocycles. The summed E-state index contributed by atoms with van der Waals surface area (Å²) in [5.74, 6) is 2.04. The number of anilines is 1. The molecule has 1 unspecified atom stereocenters. The minimum absolute atomic E-state index is 0.567. The predicted octanol–water partition coefficient (Wildman–Crippen LogP) is 2.19. The molecule has 0 aliphatic rings. The molecule has 6 heteroatoms. The van der Waals surface area contributed by atoms with E-state index in [9.17, 15) is 0 Å². The lowest BCUT2D eigenvalue weighted by Gasteiger charge is -2.14. The summed E-state index contributed by atoms with van der Waals surface area (Å²) in [6, 6.07) is 0. The Kier molecular flexibility index (Phi) is 4.14. The van der Waals surface area contributed by atoms with Crippen LogP contribution >= 0.6 is 11.6 Å². The number of hydrogen-bond donors (Lipinski definition) is 1. The SMILES string of the molecule is CCC(CCCl)CNc1nccn2cnnc12. The fourth-order valence-corrected chi connectivity index (χ4v) is 2.04. The van der Waals surface area contributed by atoms with Gasteiger partial charge in [-0.1, -0.05) is 13.3 Å². The number of rotatable bonds is 6. The molecule has 1 N–H and O–H groups in total. The van der Waals surface area contributed by atoms with Crippen molar-refractivity contribution in [2.24, 2.45) is 5.92 Å². The van der Waals surface area contributed by atoms with Crippen LogP contribution in [0.4, 0.5) is 5.82 Å². The molecule has 17 heavy (non-hydrogen) atoms. The van der Waals surface area contributed by atoms with Crippen molar-refractivity contribution in [2.45, 2.75) is 19.8 Å². The van der Waals surface area contributed by atoms with Crippen LogP contribution in [0.1, 0.15) is 19.8 Å². The molecule has 0 bridgehead atoms. The lowest BCUT2D eigenvalue weighted by molar-refractivity contribution is 0.521. The maximum atomic E-state index is 5.76. The number of alkyl halides is 1. The summed E-state index contributed by atoms with van der Waals surface area (Å²) in [4.78, 5) is 4.28. The summed E-state index contributed by atoms with van der Waals surface area (Å²) in [6.07, 6.45) is 7.35. The van der Waals surface area contributed by atoms with Crippen molar-refractivity contribution < 1.29 is 0 Å². The predicted molar refractivity (Wildman–Crippen MR) is 68.4 cm³/mol. The van der Waals surface area contributed by atoms with Gasteiger partial charge in [-0.3, -0.25) is 4.40 Å². The summed E-state index contributed by atoms with van der Waals surface area (Å²) in [5.41, 5.74) is 0.758. The fraction of sp³-hybridized carbons (Fsp3) is 0.545. The first kappa shape index (κ1) is 12.1. The molecule has 2 aromatic rings. The van der Waals surface area contributed by atoms with Crippen LogP contribution in [0, 0.1) is 5.92 Å². The van der Waals surface area contributed by atoms with E-state index in [0.29, 0.717) is 11.8 Å². The van der Waals surface area contributed by atoms with Crippen LogP contribution in [0.3, 0.4) is 0 Å². The van der Waals surface area contributed by atoms with Gasteiger partial charge >= 0.3 is 0 Å². The Morgan fingerprint density at radius 3 is 3.18 bits per heavy atom. The molecular formula is C11H16ClN5. The van der Waals surface area contributed by atoms with E-state index in [4.69, 9.17) is 11.6 Å². The molecule has 2 rings (SSSR count). The van der Waals surface area contributed by atoms with Gasteiger partial charge in [-0.2, -0.15) is 0 Å². The molecule has 0 saturated carbocycles. The number of halogens is 1. The van der Waals surface area contributed by atoms with Crippen LogP contribution in [0.25, 0.3) is 5.65 Å². The van der Waals surface area contributed by atoms with Gasteiger partial charge in [0.15, 0.2) is 5.82 Å². The van der Waals surface area contributed by atoms with Gasteiger partial charge in [-0.05, 0) is 12.3 Å². The van der Waals surface area contributed by atoms with Gasteiger partial charge in [0, 0.05) is 24.8 Å². The van der Waals surface area contributed by atoms with E-state index in [1.807, 2.05) is 10.6 Å². The highest BCUT2D eigenvalue weighted by Gasteiger charge is 2.08. The molecule has 2 aromatic heterocycles. The Balaban J connectivity index is 2.05. The number of aromatic nitrogens is 4. The summed E-state index contributed by atoms with van der Waals surface area (Å²) < 4.78 is 1.85. The first-order valence-electron chi connectivity index (χ1n) is 5.79. The highest BCUT2D eigenvalue weighted by molar-refractivity contribution is 6.17. The van der Waals surface area contributed by atoms with Crippen molar-refractivity contribution in [3.63, 3.8) is 0 Å². The normalized spacial score (nSPS) is 12.8.